The van der Waals surface area contributed by atoms with Crippen LogP contribution in [0.1, 0.15) is 29.5 Å². The van der Waals surface area contributed by atoms with Crippen LogP contribution in [0.15, 0.2) is 54.6 Å². The lowest BCUT2D eigenvalue weighted by atomic mass is 9.77. The van der Waals surface area contributed by atoms with Gasteiger partial charge in [-0.1, -0.05) is 24.3 Å². The number of fused-ring (bicyclic) bond motifs is 3. The summed E-state index contributed by atoms with van der Waals surface area (Å²) in [4.78, 5) is 10.4. The molecule has 0 radical (unpaired) electrons. The minimum atomic E-state index is -4.73. The molecule has 0 fully saturated rings. The number of hydrogen-bond acceptors (Lipinski definition) is 4. The van der Waals surface area contributed by atoms with Gasteiger partial charge < -0.3 is 10.1 Å². The van der Waals surface area contributed by atoms with Crippen molar-refractivity contribution in [3.8, 4) is 5.75 Å². The van der Waals surface area contributed by atoms with Crippen LogP contribution in [-0.4, -0.2) is 11.3 Å². The minimum absolute atomic E-state index is 0.0185. The molecule has 0 aromatic heterocycles. The number of nitro benzene ring substituents is 1. The highest BCUT2D eigenvalue weighted by Crippen LogP contribution is 2.50. The van der Waals surface area contributed by atoms with E-state index in [2.05, 4.69) is 10.1 Å². The number of ether oxygens (including phenoxy) is 1. The predicted octanol–water partition coefficient (Wildman–Crippen LogP) is 5.32. The molecule has 1 aliphatic heterocycles. The van der Waals surface area contributed by atoms with Crippen molar-refractivity contribution in [3.63, 3.8) is 0 Å². The van der Waals surface area contributed by atoms with E-state index in [1.54, 1.807) is 18.2 Å². The second kappa shape index (κ2) is 6.29. The van der Waals surface area contributed by atoms with Gasteiger partial charge in [-0.3, -0.25) is 10.1 Å². The maximum Gasteiger partial charge on any atom is 0.573 e. The molecule has 1 heterocycles. The van der Waals surface area contributed by atoms with E-state index in [-0.39, 0.29) is 29.3 Å². The van der Waals surface area contributed by atoms with Crippen LogP contribution in [-0.2, 0) is 0 Å². The molecule has 2 aromatic carbocycles. The molecule has 5 nitrogen and oxygen atoms in total. The summed E-state index contributed by atoms with van der Waals surface area (Å²) in [5.41, 5.74) is 2.42. The fourth-order valence-corrected chi connectivity index (χ4v) is 3.90. The Morgan fingerprint density at radius 2 is 1.89 bits per heavy atom. The van der Waals surface area contributed by atoms with E-state index in [1.165, 1.54) is 24.3 Å². The predicted molar refractivity (Wildman–Crippen MR) is 92.6 cm³/mol. The van der Waals surface area contributed by atoms with Crippen molar-refractivity contribution < 1.29 is 22.8 Å². The number of alkyl halides is 3. The Kier molecular flexibility index (Phi) is 4.05. The number of rotatable bonds is 3. The lowest BCUT2D eigenvalue weighted by molar-refractivity contribution is -0.384. The number of hydrogen-bond donors (Lipinski definition) is 1. The zero-order valence-corrected chi connectivity index (χ0v) is 13.9. The molecule has 1 aliphatic carbocycles. The van der Waals surface area contributed by atoms with Crippen molar-refractivity contribution in [3.05, 3.63) is 75.9 Å². The smallest absolute Gasteiger partial charge is 0.406 e. The van der Waals surface area contributed by atoms with Gasteiger partial charge >= 0.3 is 6.36 Å². The van der Waals surface area contributed by atoms with Gasteiger partial charge in [0.25, 0.3) is 5.69 Å². The van der Waals surface area contributed by atoms with Gasteiger partial charge in [-0.05, 0) is 41.7 Å². The molecule has 0 saturated heterocycles. The van der Waals surface area contributed by atoms with Gasteiger partial charge in [0, 0.05) is 23.7 Å². The molecule has 2 aliphatic rings. The number of nitrogens with zero attached hydrogens (tertiary/aromatic N) is 1. The third-order valence-electron chi connectivity index (χ3n) is 5.03. The highest BCUT2D eigenvalue weighted by molar-refractivity contribution is 5.62. The first kappa shape index (κ1) is 17.4. The van der Waals surface area contributed by atoms with Crippen LogP contribution < -0.4 is 10.1 Å². The summed E-state index contributed by atoms with van der Waals surface area (Å²) < 4.78 is 41.6. The Balaban J connectivity index is 1.67. The first-order chi connectivity index (χ1) is 12.8. The molecule has 140 valence electrons. The van der Waals surface area contributed by atoms with E-state index in [0.29, 0.717) is 0 Å². The minimum Gasteiger partial charge on any atom is -0.406 e. The first-order valence-corrected chi connectivity index (χ1v) is 8.39. The maximum atomic E-state index is 12.5. The number of benzene rings is 2. The molecule has 27 heavy (non-hydrogen) atoms. The molecule has 3 unspecified atom stereocenters. The average Bonchev–Trinajstić information content (AvgIpc) is 3.10. The lowest BCUT2D eigenvalue weighted by Crippen LogP contribution is -2.29. The summed E-state index contributed by atoms with van der Waals surface area (Å²) in [7, 11) is 0. The molecule has 0 spiro atoms. The van der Waals surface area contributed by atoms with Gasteiger partial charge in [0.2, 0.25) is 0 Å². The van der Waals surface area contributed by atoms with Crippen molar-refractivity contribution in [2.45, 2.75) is 24.7 Å². The SMILES string of the molecule is O=[N+]([O-])c1ccc(C2Nc3ccc(OC(F)(F)F)cc3C3C=CCC32)cc1. The van der Waals surface area contributed by atoms with Crippen LogP contribution in [0.5, 0.6) is 5.75 Å². The van der Waals surface area contributed by atoms with Crippen molar-refractivity contribution in [1.82, 2.24) is 0 Å². The molecule has 3 atom stereocenters. The van der Waals surface area contributed by atoms with Gasteiger partial charge in [-0.15, -0.1) is 13.2 Å². The molecule has 8 heteroatoms. The van der Waals surface area contributed by atoms with Crippen LogP contribution in [0.25, 0.3) is 0 Å². The van der Waals surface area contributed by atoms with Crippen LogP contribution in [0.3, 0.4) is 0 Å². The van der Waals surface area contributed by atoms with Gasteiger partial charge in [0.05, 0.1) is 11.0 Å². The average molecular weight is 376 g/mol. The van der Waals surface area contributed by atoms with Gasteiger partial charge in [-0.2, -0.15) is 0 Å². The molecule has 0 saturated carbocycles. The van der Waals surface area contributed by atoms with E-state index >= 15 is 0 Å². The summed E-state index contributed by atoms with van der Waals surface area (Å²) in [5.74, 6) is -0.172. The lowest BCUT2D eigenvalue weighted by Gasteiger charge is -2.37. The maximum absolute atomic E-state index is 12.5. The molecular formula is C19H15F3N2O3. The van der Waals surface area contributed by atoms with Gasteiger partial charge in [0.15, 0.2) is 0 Å². The molecule has 4 rings (SSSR count). The summed E-state index contributed by atoms with van der Waals surface area (Å²) in [5, 5.41) is 14.2. The van der Waals surface area contributed by atoms with E-state index in [9.17, 15) is 23.3 Å². The summed E-state index contributed by atoms with van der Waals surface area (Å²) in [6.07, 6.45) is 0.0492. The Morgan fingerprint density at radius 1 is 1.15 bits per heavy atom. The van der Waals surface area contributed by atoms with Gasteiger partial charge in [0.1, 0.15) is 5.75 Å². The van der Waals surface area contributed by atoms with Crippen molar-refractivity contribution >= 4 is 11.4 Å². The van der Waals surface area contributed by atoms with Crippen LogP contribution in [0.2, 0.25) is 0 Å². The summed E-state index contributed by atoms with van der Waals surface area (Å²) >= 11 is 0. The molecule has 1 N–H and O–H groups in total. The van der Waals surface area contributed by atoms with Crippen molar-refractivity contribution in [2.75, 3.05) is 5.32 Å². The fourth-order valence-electron chi connectivity index (χ4n) is 3.90. The number of nitro groups is 1. The van der Waals surface area contributed by atoms with Gasteiger partial charge in [-0.25, -0.2) is 0 Å². The first-order valence-electron chi connectivity index (χ1n) is 8.39. The highest BCUT2D eigenvalue weighted by atomic mass is 19.4. The zero-order chi connectivity index (χ0) is 19.2. The van der Waals surface area contributed by atoms with E-state index in [4.69, 9.17) is 0 Å². The number of nitrogens with one attached hydrogen (secondary N) is 1. The third-order valence-corrected chi connectivity index (χ3v) is 5.03. The quantitative estimate of drug-likeness (QED) is 0.447. The largest absolute Gasteiger partial charge is 0.573 e. The normalized spacial score (nSPS) is 23.3. The Morgan fingerprint density at radius 3 is 2.56 bits per heavy atom. The van der Waals surface area contributed by atoms with Crippen LogP contribution in [0.4, 0.5) is 24.5 Å². The van der Waals surface area contributed by atoms with Crippen molar-refractivity contribution in [2.24, 2.45) is 5.92 Å². The Labute approximate surface area is 152 Å². The molecule has 0 bridgehead atoms. The van der Waals surface area contributed by atoms with Crippen LogP contribution in [0, 0.1) is 16.0 Å². The second-order valence-corrected chi connectivity index (χ2v) is 6.62. The van der Waals surface area contributed by atoms with Crippen molar-refractivity contribution in [1.29, 1.82) is 0 Å². The van der Waals surface area contributed by atoms with E-state index in [0.717, 1.165) is 23.2 Å². The molecular weight excluding hydrogens is 361 g/mol. The second-order valence-electron chi connectivity index (χ2n) is 6.62. The Bertz CT molecular complexity index is 909. The number of allylic oxidation sites excluding steroid dienone is 2. The topological polar surface area (TPSA) is 64.4 Å². The fraction of sp³-hybridized carbons (Fsp3) is 0.263. The standard InChI is InChI=1S/C19H15F3N2O3/c20-19(21,22)27-13-8-9-17-16(10-13)14-2-1-3-15(14)18(23-17)11-4-6-12(7-5-11)24(25)26/h1-2,4-10,14-15,18,23H,3H2. The zero-order valence-electron chi connectivity index (χ0n) is 13.9. The summed E-state index contributed by atoms with van der Waals surface area (Å²) in [6.45, 7) is 0. The third kappa shape index (κ3) is 3.34. The number of non-ortho nitro benzene ring substituents is 1. The number of anilines is 1. The molecule has 2 aromatic rings. The van der Waals surface area contributed by atoms with Crippen LogP contribution >= 0.6 is 0 Å². The summed E-state index contributed by atoms with van der Waals surface area (Å²) in [6, 6.07) is 10.6. The van der Waals surface area contributed by atoms with E-state index in [1.807, 2.05) is 12.2 Å². The number of halogens is 3. The molecule has 0 amide bonds. The van der Waals surface area contributed by atoms with E-state index < -0.39 is 11.3 Å². The Hall–Kier alpha value is -3.03. The monoisotopic (exact) mass is 376 g/mol. The highest BCUT2D eigenvalue weighted by Gasteiger charge is 2.39.